The van der Waals surface area contributed by atoms with Gasteiger partial charge in [0.2, 0.25) is 6.10 Å². The molecule has 0 radical (unpaired) electrons. The van der Waals surface area contributed by atoms with E-state index in [2.05, 4.69) is 4.90 Å². The Morgan fingerprint density at radius 1 is 1.22 bits per heavy atom. The largest absolute Gasteiger partial charge is 0.504 e. The number of rotatable bonds is 6. The third kappa shape index (κ3) is 3.35. The number of carbonyl (C=O) groups is 2. The minimum atomic E-state index is -1.23. The molecule has 8 nitrogen and oxygen atoms in total. The smallest absolute Gasteiger partial charge is 0.357 e. The van der Waals surface area contributed by atoms with Crippen molar-refractivity contribution in [1.82, 2.24) is 4.90 Å². The number of ether oxygens (including phenoxy) is 3. The summed E-state index contributed by atoms with van der Waals surface area (Å²) in [5.41, 5.74) is 0.339. The van der Waals surface area contributed by atoms with Gasteiger partial charge < -0.3 is 29.3 Å². The van der Waals surface area contributed by atoms with Crippen LogP contribution in [0, 0.1) is 0 Å². The minimum Gasteiger partial charge on any atom is -0.504 e. The number of carbonyl (C=O) groups excluding carboxylic acids is 2. The average Bonchev–Trinajstić information content (AvgIpc) is 3.25. The van der Waals surface area contributed by atoms with Crippen molar-refractivity contribution in [3.05, 3.63) is 71.0 Å². The first-order valence-corrected chi connectivity index (χ1v) is 12.9. The molecule has 2 N–H and O–H groups in total. The standard InChI is InChI=1S/C29H31NO7/c1-3-7-22(32)36-24(17-8-5-4-6-9-17)27(33)35-20-12-13-29(34)21-16-18-10-11-19(31)25-23(18)28(29,26(20)37-25)14-15-30(21)2/h4-6,8-12,21,24,26,31,34H,3,7,13-16H2,1-2H3/t21-,24-,26?,28?,29-/m1/s1. The quantitative estimate of drug-likeness (QED) is 0.577. The molecule has 8 heteroatoms. The number of piperidine rings is 1. The summed E-state index contributed by atoms with van der Waals surface area (Å²) in [7, 11) is 2.01. The second kappa shape index (κ2) is 8.60. The number of aliphatic hydroxyl groups is 1. The molecule has 1 spiro atoms. The van der Waals surface area contributed by atoms with Gasteiger partial charge in [-0.05, 0) is 50.6 Å². The lowest BCUT2D eigenvalue weighted by Crippen LogP contribution is -2.74. The van der Waals surface area contributed by atoms with Gasteiger partial charge in [-0.3, -0.25) is 4.79 Å². The Bertz CT molecular complexity index is 1290. The number of nitrogens with zero attached hydrogens (tertiary/aromatic N) is 1. The highest BCUT2D eigenvalue weighted by atomic mass is 16.6. The Morgan fingerprint density at radius 2 is 2.00 bits per heavy atom. The fraction of sp³-hybridized carbons (Fsp3) is 0.448. The highest BCUT2D eigenvalue weighted by molar-refractivity contribution is 5.82. The van der Waals surface area contributed by atoms with E-state index in [0.29, 0.717) is 30.6 Å². The van der Waals surface area contributed by atoms with E-state index in [-0.39, 0.29) is 30.4 Å². The van der Waals surface area contributed by atoms with Gasteiger partial charge in [0.1, 0.15) is 5.76 Å². The van der Waals surface area contributed by atoms with Gasteiger partial charge in [0, 0.05) is 30.0 Å². The Balaban J connectivity index is 1.38. The highest BCUT2D eigenvalue weighted by Gasteiger charge is 2.72. The molecule has 2 unspecified atom stereocenters. The van der Waals surface area contributed by atoms with Crippen molar-refractivity contribution < 1.29 is 34.0 Å². The first-order chi connectivity index (χ1) is 17.8. The summed E-state index contributed by atoms with van der Waals surface area (Å²) in [6.45, 7) is 2.59. The van der Waals surface area contributed by atoms with Crippen LogP contribution in [0.25, 0.3) is 0 Å². The zero-order valence-electron chi connectivity index (χ0n) is 21.0. The van der Waals surface area contributed by atoms with Gasteiger partial charge in [0.05, 0.1) is 11.0 Å². The summed E-state index contributed by atoms with van der Waals surface area (Å²) in [5.74, 6) is -0.587. The molecule has 1 fully saturated rings. The third-order valence-electron chi connectivity index (χ3n) is 8.59. The van der Waals surface area contributed by atoms with Crippen LogP contribution < -0.4 is 4.74 Å². The molecule has 2 aromatic rings. The van der Waals surface area contributed by atoms with Crippen molar-refractivity contribution in [2.24, 2.45) is 0 Å². The SMILES string of the molecule is CCCC(=O)O[C@@H](C(=O)OC1=CC[C@@]2(O)[C@H]3Cc4ccc(O)c5c4C2(CCN3C)C1O5)c1ccccc1. The Labute approximate surface area is 215 Å². The van der Waals surface area contributed by atoms with Gasteiger partial charge in [-0.1, -0.05) is 43.3 Å². The first kappa shape index (κ1) is 24.0. The van der Waals surface area contributed by atoms with E-state index in [4.69, 9.17) is 14.2 Å². The number of benzene rings is 2. The van der Waals surface area contributed by atoms with Crippen molar-refractivity contribution in [3.8, 4) is 11.5 Å². The fourth-order valence-corrected chi connectivity index (χ4v) is 6.88. The fourth-order valence-electron chi connectivity index (χ4n) is 6.88. The number of likely N-dealkylation sites (N-methyl/N-ethyl adjacent to an activating group) is 1. The maximum absolute atomic E-state index is 13.5. The van der Waals surface area contributed by atoms with E-state index in [1.165, 1.54) is 0 Å². The lowest BCUT2D eigenvalue weighted by Gasteiger charge is -2.61. The molecular formula is C29H31NO7. The molecule has 1 saturated heterocycles. The van der Waals surface area contributed by atoms with Gasteiger partial charge >= 0.3 is 11.9 Å². The van der Waals surface area contributed by atoms with Crippen LogP contribution in [-0.4, -0.2) is 58.4 Å². The van der Waals surface area contributed by atoms with Crippen LogP contribution in [0.5, 0.6) is 11.5 Å². The Hall–Kier alpha value is -3.36. The van der Waals surface area contributed by atoms with Crippen LogP contribution >= 0.6 is 0 Å². The van der Waals surface area contributed by atoms with Gasteiger partial charge in [0.25, 0.3) is 0 Å². The van der Waals surface area contributed by atoms with Crippen LogP contribution in [-0.2, 0) is 30.9 Å². The molecule has 2 aliphatic carbocycles. The Morgan fingerprint density at radius 3 is 2.76 bits per heavy atom. The van der Waals surface area contributed by atoms with Crippen LogP contribution in [0.15, 0.2) is 54.3 Å². The van der Waals surface area contributed by atoms with E-state index < -0.39 is 35.2 Å². The maximum Gasteiger partial charge on any atom is 0.357 e. The van der Waals surface area contributed by atoms with E-state index in [1.807, 2.05) is 26.1 Å². The maximum atomic E-state index is 13.5. The number of hydrogen-bond acceptors (Lipinski definition) is 8. The second-order valence-corrected chi connectivity index (χ2v) is 10.6. The van der Waals surface area contributed by atoms with Crippen molar-refractivity contribution in [2.45, 2.75) is 68.3 Å². The molecule has 4 aliphatic rings. The summed E-state index contributed by atoms with van der Waals surface area (Å²) in [6, 6.07) is 12.2. The lowest BCUT2D eigenvalue weighted by molar-refractivity contribution is -0.176. The van der Waals surface area contributed by atoms with Crippen molar-refractivity contribution in [3.63, 3.8) is 0 Å². The number of hydrogen-bond donors (Lipinski definition) is 2. The Kier molecular flexibility index (Phi) is 5.58. The summed E-state index contributed by atoms with van der Waals surface area (Å²) < 4.78 is 17.9. The summed E-state index contributed by atoms with van der Waals surface area (Å²) in [6.07, 6.45) is 1.96. The zero-order valence-corrected chi connectivity index (χ0v) is 21.0. The molecule has 0 saturated carbocycles. The minimum absolute atomic E-state index is 0.00332. The number of phenols is 1. The van der Waals surface area contributed by atoms with E-state index >= 15 is 0 Å². The van der Waals surface area contributed by atoms with E-state index in [1.54, 1.807) is 36.4 Å². The molecule has 2 aromatic carbocycles. The van der Waals surface area contributed by atoms with Crippen molar-refractivity contribution in [2.75, 3.05) is 13.6 Å². The van der Waals surface area contributed by atoms with Gasteiger partial charge in [-0.15, -0.1) is 0 Å². The number of likely N-dealkylation sites (tertiary alicyclic amines) is 1. The molecular weight excluding hydrogens is 474 g/mol. The number of phenolic OH excluding ortho intramolecular Hbond substituents is 1. The van der Waals surface area contributed by atoms with E-state index in [0.717, 1.165) is 17.7 Å². The third-order valence-corrected chi connectivity index (χ3v) is 8.59. The van der Waals surface area contributed by atoms with Gasteiger partial charge in [-0.2, -0.15) is 0 Å². The molecule has 6 rings (SSSR count). The monoisotopic (exact) mass is 505 g/mol. The molecule has 2 heterocycles. The molecule has 0 aromatic heterocycles. The van der Waals surface area contributed by atoms with Gasteiger partial charge in [0.15, 0.2) is 17.6 Å². The van der Waals surface area contributed by atoms with Crippen LogP contribution in [0.1, 0.15) is 55.4 Å². The molecule has 2 aliphatic heterocycles. The molecule has 37 heavy (non-hydrogen) atoms. The highest BCUT2D eigenvalue weighted by Crippen LogP contribution is 2.65. The summed E-state index contributed by atoms with van der Waals surface area (Å²) in [4.78, 5) is 28.1. The van der Waals surface area contributed by atoms with Crippen LogP contribution in [0.3, 0.4) is 0 Å². The zero-order chi connectivity index (χ0) is 25.9. The summed E-state index contributed by atoms with van der Waals surface area (Å²) >= 11 is 0. The average molecular weight is 506 g/mol. The van der Waals surface area contributed by atoms with E-state index in [9.17, 15) is 19.8 Å². The lowest BCUT2D eigenvalue weighted by atomic mass is 9.50. The van der Waals surface area contributed by atoms with Gasteiger partial charge in [-0.25, -0.2) is 4.79 Å². The number of esters is 2. The normalized spacial score (nSPS) is 30.0. The van der Waals surface area contributed by atoms with Crippen LogP contribution in [0.4, 0.5) is 0 Å². The van der Waals surface area contributed by atoms with Crippen molar-refractivity contribution >= 4 is 11.9 Å². The molecule has 194 valence electrons. The summed E-state index contributed by atoms with van der Waals surface area (Å²) in [5, 5.41) is 22.9. The van der Waals surface area contributed by atoms with Crippen LogP contribution in [0.2, 0.25) is 0 Å². The molecule has 5 atom stereocenters. The molecule has 0 amide bonds. The number of aromatic hydroxyl groups is 1. The predicted molar refractivity (Wildman–Crippen MR) is 133 cm³/mol. The topological polar surface area (TPSA) is 106 Å². The van der Waals surface area contributed by atoms with Crippen molar-refractivity contribution in [1.29, 1.82) is 0 Å². The first-order valence-electron chi connectivity index (χ1n) is 12.9. The second-order valence-electron chi connectivity index (χ2n) is 10.6. The predicted octanol–water partition coefficient (Wildman–Crippen LogP) is 3.30. The molecule has 2 bridgehead atoms.